The summed E-state index contributed by atoms with van der Waals surface area (Å²) in [7, 11) is -1.99. The first-order chi connectivity index (χ1) is 13.7. The topological polar surface area (TPSA) is 47.9 Å². The number of hydrogen-bond acceptors (Lipinski definition) is 4. The van der Waals surface area contributed by atoms with Gasteiger partial charge in [0.25, 0.3) is 0 Å². The van der Waals surface area contributed by atoms with Gasteiger partial charge in [0.1, 0.15) is 0 Å². The summed E-state index contributed by atoms with van der Waals surface area (Å²) in [5.74, 6) is -0.642. The number of benzene rings is 2. The summed E-state index contributed by atoms with van der Waals surface area (Å²) in [6.45, 7) is 11.1. The summed E-state index contributed by atoms with van der Waals surface area (Å²) < 4.78 is 19.0. The summed E-state index contributed by atoms with van der Waals surface area (Å²) in [6.07, 6.45) is -0.229. The molecule has 1 fully saturated rings. The van der Waals surface area contributed by atoms with Crippen LogP contribution in [0.5, 0.6) is 0 Å². The molecule has 0 amide bonds. The monoisotopic (exact) mass is 414 g/mol. The van der Waals surface area contributed by atoms with Gasteiger partial charge < -0.3 is 19.0 Å². The number of aliphatic hydroxyl groups excluding tert-OH is 1. The standard InChI is InChI=1S/C24H34O4Si/c1-22(2,3)21(24(16-25)17-26-23(4,5)27-18-24)28-29(19-12-8-6-9-13-19)20-14-10-7-11-15-20/h6-15,21,25,29H,16-18H2,1-5H3. The zero-order valence-corrected chi connectivity index (χ0v) is 19.4. The molecular formula is C24H34O4Si. The van der Waals surface area contributed by atoms with Crippen LogP contribution in [-0.4, -0.2) is 45.9 Å². The van der Waals surface area contributed by atoms with E-state index >= 15 is 0 Å². The summed E-state index contributed by atoms with van der Waals surface area (Å²) in [5, 5.41) is 12.9. The van der Waals surface area contributed by atoms with E-state index in [1.165, 1.54) is 10.4 Å². The molecule has 4 nitrogen and oxygen atoms in total. The predicted molar refractivity (Wildman–Crippen MR) is 119 cm³/mol. The van der Waals surface area contributed by atoms with Gasteiger partial charge >= 0.3 is 0 Å². The van der Waals surface area contributed by atoms with Crippen LogP contribution in [0.15, 0.2) is 60.7 Å². The quantitative estimate of drug-likeness (QED) is 0.739. The van der Waals surface area contributed by atoms with Crippen molar-refractivity contribution < 1.29 is 19.0 Å². The third-order valence-electron chi connectivity index (χ3n) is 5.55. The van der Waals surface area contributed by atoms with Gasteiger partial charge in [-0.25, -0.2) is 0 Å². The van der Waals surface area contributed by atoms with Gasteiger partial charge in [0.2, 0.25) is 9.04 Å². The van der Waals surface area contributed by atoms with Crippen LogP contribution in [0, 0.1) is 10.8 Å². The molecule has 0 radical (unpaired) electrons. The average molecular weight is 415 g/mol. The molecule has 0 aliphatic carbocycles. The molecule has 0 aromatic heterocycles. The predicted octanol–water partition coefficient (Wildman–Crippen LogP) is 2.72. The Morgan fingerprint density at radius 3 is 1.76 bits per heavy atom. The van der Waals surface area contributed by atoms with Crippen LogP contribution in [0.3, 0.4) is 0 Å². The first-order valence-electron chi connectivity index (χ1n) is 10.3. The number of aliphatic hydroxyl groups is 1. The Labute approximate surface area is 176 Å². The molecular weight excluding hydrogens is 380 g/mol. The maximum absolute atomic E-state index is 10.5. The van der Waals surface area contributed by atoms with Gasteiger partial charge in [0.15, 0.2) is 5.79 Å². The fourth-order valence-electron chi connectivity index (χ4n) is 4.05. The van der Waals surface area contributed by atoms with Crippen molar-refractivity contribution in [3.8, 4) is 0 Å². The molecule has 1 atom stereocenters. The summed E-state index contributed by atoms with van der Waals surface area (Å²) in [6, 6.07) is 20.9. The minimum Gasteiger partial charge on any atom is -0.407 e. The second-order valence-corrected chi connectivity index (χ2v) is 11.9. The highest BCUT2D eigenvalue weighted by molar-refractivity contribution is 6.80. The van der Waals surface area contributed by atoms with Gasteiger partial charge in [0, 0.05) is 0 Å². The summed E-state index contributed by atoms with van der Waals surface area (Å²) in [4.78, 5) is 0. The van der Waals surface area contributed by atoms with Crippen LogP contribution in [0.25, 0.3) is 0 Å². The highest BCUT2D eigenvalue weighted by atomic mass is 28.3. The van der Waals surface area contributed by atoms with Crippen LogP contribution < -0.4 is 10.4 Å². The lowest BCUT2D eigenvalue weighted by molar-refractivity contribution is -0.308. The molecule has 0 saturated carbocycles. The van der Waals surface area contributed by atoms with E-state index in [1.807, 2.05) is 26.0 Å². The van der Waals surface area contributed by atoms with Crippen LogP contribution >= 0.6 is 0 Å². The van der Waals surface area contributed by atoms with Crippen molar-refractivity contribution in [1.82, 2.24) is 0 Å². The van der Waals surface area contributed by atoms with Crippen LogP contribution in [-0.2, 0) is 13.9 Å². The molecule has 3 rings (SSSR count). The largest absolute Gasteiger partial charge is 0.407 e. The molecule has 2 aromatic rings. The van der Waals surface area contributed by atoms with Crippen LogP contribution in [0.1, 0.15) is 34.6 Å². The smallest absolute Gasteiger partial charge is 0.240 e. The zero-order chi connectivity index (χ0) is 21.1. The van der Waals surface area contributed by atoms with E-state index in [0.29, 0.717) is 13.2 Å². The van der Waals surface area contributed by atoms with Crippen molar-refractivity contribution >= 4 is 19.4 Å². The normalized spacial score (nSPS) is 19.8. The Balaban J connectivity index is 1.99. The Morgan fingerprint density at radius 1 is 0.931 bits per heavy atom. The number of rotatable bonds is 6. The molecule has 1 aliphatic rings. The second kappa shape index (κ2) is 8.70. The molecule has 1 aliphatic heterocycles. The molecule has 29 heavy (non-hydrogen) atoms. The maximum atomic E-state index is 10.5. The molecule has 0 spiro atoms. The molecule has 5 heteroatoms. The minimum absolute atomic E-state index is 0.0459. The Bertz CT molecular complexity index is 721. The minimum atomic E-state index is -1.99. The molecule has 1 heterocycles. The Morgan fingerprint density at radius 2 is 1.38 bits per heavy atom. The fourth-order valence-corrected chi connectivity index (χ4v) is 6.86. The van der Waals surface area contributed by atoms with Gasteiger partial charge in [0.05, 0.1) is 31.3 Å². The molecule has 0 bridgehead atoms. The van der Waals surface area contributed by atoms with Crippen molar-refractivity contribution in [2.75, 3.05) is 19.8 Å². The molecule has 1 unspecified atom stereocenters. The van der Waals surface area contributed by atoms with Crippen LogP contribution in [0.4, 0.5) is 0 Å². The number of ether oxygens (including phenoxy) is 2. The average Bonchev–Trinajstić information content (AvgIpc) is 2.70. The molecule has 2 aromatic carbocycles. The van der Waals surface area contributed by atoms with Gasteiger partial charge in [-0.3, -0.25) is 0 Å². The van der Waals surface area contributed by atoms with Gasteiger partial charge in [-0.15, -0.1) is 0 Å². The van der Waals surface area contributed by atoms with Crippen molar-refractivity contribution in [1.29, 1.82) is 0 Å². The van der Waals surface area contributed by atoms with Crippen LogP contribution in [0.2, 0.25) is 0 Å². The SMILES string of the molecule is CC1(C)OCC(CO)(C(O[SiH](c2ccccc2)c2ccccc2)C(C)(C)C)CO1. The van der Waals surface area contributed by atoms with E-state index in [2.05, 4.69) is 69.3 Å². The Hall–Kier alpha value is -1.50. The maximum Gasteiger partial charge on any atom is 0.240 e. The van der Waals surface area contributed by atoms with E-state index in [4.69, 9.17) is 13.9 Å². The lowest BCUT2D eigenvalue weighted by atomic mass is 9.71. The van der Waals surface area contributed by atoms with Crippen molar-refractivity contribution in [3.05, 3.63) is 60.7 Å². The van der Waals surface area contributed by atoms with E-state index < -0.39 is 20.2 Å². The van der Waals surface area contributed by atoms with Crippen molar-refractivity contribution in [3.63, 3.8) is 0 Å². The lowest BCUT2D eigenvalue weighted by Crippen LogP contribution is -2.62. The lowest BCUT2D eigenvalue weighted by Gasteiger charge is -2.51. The third kappa shape index (κ3) is 5.16. The summed E-state index contributed by atoms with van der Waals surface area (Å²) in [5.41, 5.74) is -0.811. The van der Waals surface area contributed by atoms with E-state index in [9.17, 15) is 5.11 Å². The Kier molecular flexibility index (Phi) is 6.66. The van der Waals surface area contributed by atoms with Crippen molar-refractivity contribution in [2.24, 2.45) is 10.8 Å². The third-order valence-corrected chi connectivity index (χ3v) is 8.07. The highest BCUT2D eigenvalue weighted by Gasteiger charge is 2.51. The molecule has 1 N–H and O–H groups in total. The summed E-state index contributed by atoms with van der Waals surface area (Å²) >= 11 is 0. The van der Waals surface area contributed by atoms with Gasteiger partial charge in [-0.2, -0.15) is 0 Å². The van der Waals surface area contributed by atoms with E-state index in [-0.39, 0.29) is 18.1 Å². The number of hydrogen-bond donors (Lipinski definition) is 1. The second-order valence-electron chi connectivity index (χ2n) is 9.58. The van der Waals surface area contributed by atoms with Gasteiger partial charge in [-0.1, -0.05) is 81.4 Å². The molecule has 1 saturated heterocycles. The molecule has 158 valence electrons. The first-order valence-corrected chi connectivity index (χ1v) is 11.9. The fraction of sp³-hybridized carbons (Fsp3) is 0.500. The van der Waals surface area contributed by atoms with E-state index in [0.717, 1.165) is 0 Å². The van der Waals surface area contributed by atoms with Crippen molar-refractivity contribution in [2.45, 2.75) is 46.5 Å². The van der Waals surface area contributed by atoms with E-state index in [1.54, 1.807) is 0 Å². The van der Waals surface area contributed by atoms with Gasteiger partial charge in [-0.05, 0) is 29.6 Å². The highest BCUT2D eigenvalue weighted by Crippen LogP contribution is 2.41. The zero-order valence-electron chi connectivity index (χ0n) is 18.2. The first kappa shape index (κ1) is 22.2.